The van der Waals surface area contributed by atoms with Crippen molar-refractivity contribution in [3.63, 3.8) is 0 Å². The molecule has 0 bridgehead atoms. The topological polar surface area (TPSA) is 54.8 Å². The first-order valence-electron chi connectivity index (χ1n) is 14.3. The molecule has 6 heteroatoms. The minimum atomic E-state index is -0.352. The maximum atomic E-state index is 14.4. The maximum absolute atomic E-state index is 14.4. The smallest absolute Gasteiger partial charge is 0.254 e. The zero-order valence-corrected chi connectivity index (χ0v) is 23.4. The fraction of sp³-hybridized carbons (Fsp3) is 0.167. The second-order valence-corrected chi connectivity index (χ2v) is 10.8. The average Bonchev–Trinajstić information content (AvgIpc) is 3.78. The molecule has 2 amide bonds. The third-order valence-electron chi connectivity index (χ3n) is 8.21. The molecule has 5 aromatic rings. The van der Waals surface area contributed by atoms with Gasteiger partial charge in [-0.3, -0.25) is 14.5 Å². The van der Waals surface area contributed by atoms with E-state index in [4.69, 9.17) is 4.74 Å². The molecular formula is C36H31N3O3. The van der Waals surface area contributed by atoms with E-state index in [9.17, 15) is 9.59 Å². The van der Waals surface area contributed by atoms with Gasteiger partial charge in [0, 0.05) is 17.8 Å². The summed E-state index contributed by atoms with van der Waals surface area (Å²) < 4.78 is 7.54. The van der Waals surface area contributed by atoms with Crippen molar-refractivity contribution in [1.82, 2.24) is 9.47 Å². The number of rotatable bonds is 7. The Kier molecular flexibility index (Phi) is 6.59. The van der Waals surface area contributed by atoms with Crippen molar-refractivity contribution in [3.05, 3.63) is 138 Å². The summed E-state index contributed by atoms with van der Waals surface area (Å²) in [5, 5.41) is 0. The van der Waals surface area contributed by atoms with Gasteiger partial charge in [-0.25, -0.2) is 0 Å². The largest absolute Gasteiger partial charge is 0.497 e. The number of methoxy groups -OCH3 is 1. The van der Waals surface area contributed by atoms with Gasteiger partial charge < -0.3 is 14.2 Å². The summed E-state index contributed by atoms with van der Waals surface area (Å²) >= 11 is 0. The van der Waals surface area contributed by atoms with Crippen LogP contribution in [0.25, 0.3) is 16.8 Å². The number of aromatic nitrogens is 1. The van der Waals surface area contributed by atoms with Gasteiger partial charge in [0.05, 0.1) is 24.2 Å². The van der Waals surface area contributed by atoms with Gasteiger partial charge in [0.2, 0.25) is 5.91 Å². The number of para-hydroxylation sites is 2. The minimum absolute atomic E-state index is 0.00559. The molecule has 1 atom stereocenters. The molecule has 7 rings (SSSR count). The van der Waals surface area contributed by atoms with Crippen LogP contribution in [0.5, 0.6) is 5.75 Å². The molecule has 1 saturated carbocycles. The highest BCUT2D eigenvalue weighted by molar-refractivity contribution is 6.03. The maximum Gasteiger partial charge on any atom is 0.254 e. The van der Waals surface area contributed by atoms with Crippen molar-refractivity contribution in [1.29, 1.82) is 0 Å². The van der Waals surface area contributed by atoms with Gasteiger partial charge in [0.25, 0.3) is 5.91 Å². The molecule has 1 aromatic heterocycles. The molecule has 0 N–H and O–H groups in total. The second kappa shape index (κ2) is 10.7. The van der Waals surface area contributed by atoms with Crippen molar-refractivity contribution in [2.24, 2.45) is 0 Å². The molecule has 1 aliphatic carbocycles. The van der Waals surface area contributed by atoms with E-state index in [0.717, 1.165) is 52.4 Å². The van der Waals surface area contributed by atoms with E-state index in [0.29, 0.717) is 5.56 Å². The van der Waals surface area contributed by atoms with Gasteiger partial charge in [0.15, 0.2) is 0 Å². The molecule has 2 heterocycles. The van der Waals surface area contributed by atoms with Crippen molar-refractivity contribution >= 4 is 17.5 Å². The molecule has 0 radical (unpaired) electrons. The fourth-order valence-electron chi connectivity index (χ4n) is 5.94. The van der Waals surface area contributed by atoms with Crippen LogP contribution < -0.4 is 9.64 Å². The molecule has 2 aliphatic rings. The van der Waals surface area contributed by atoms with E-state index in [1.54, 1.807) is 12.0 Å². The highest BCUT2D eigenvalue weighted by atomic mass is 16.5. The number of hydrogen-bond donors (Lipinski definition) is 0. The van der Waals surface area contributed by atoms with E-state index in [2.05, 4.69) is 22.8 Å². The Labute approximate surface area is 245 Å². The third-order valence-corrected chi connectivity index (χ3v) is 8.21. The summed E-state index contributed by atoms with van der Waals surface area (Å²) in [6.45, 7) is 0.00559. The van der Waals surface area contributed by atoms with E-state index >= 15 is 0 Å². The number of nitrogens with zero attached hydrogens (tertiary/aromatic N) is 3. The molecule has 4 aromatic carbocycles. The highest BCUT2D eigenvalue weighted by Crippen LogP contribution is 2.43. The standard InChI is InChI=1S/C36H31N3O3/c1-42-30-21-17-27(18-22-30)35-33-12-7-23-37(33)31-10-5-6-11-32(31)39(35)34(40)24-38(29-19-20-29)36(41)28-15-13-26(14-16-28)25-8-3-2-4-9-25/h2-18,21-23,29,35H,19-20,24H2,1H3. The molecular weight excluding hydrogens is 522 g/mol. The zero-order valence-electron chi connectivity index (χ0n) is 23.4. The van der Waals surface area contributed by atoms with Gasteiger partial charge in [-0.2, -0.15) is 0 Å². The van der Waals surface area contributed by atoms with Crippen molar-refractivity contribution < 1.29 is 14.3 Å². The van der Waals surface area contributed by atoms with Crippen LogP contribution in [0.15, 0.2) is 121 Å². The highest BCUT2D eigenvalue weighted by Gasteiger charge is 2.40. The predicted octanol–water partition coefficient (Wildman–Crippen LogP) is 6.89. The zero-order chi connectivity index (χ0) is 28.6. The van der Waals surface area contributed by atoms with Crippen molar-refractivity contribution in [3.8, 4) is 22.6 Å². The Morgan fingerprint density at radius 1 is 0.762 bits per heavy atom. The number of hydrogen-bond acceptors (Lipinski definition) is 3. The van der Waals surface area contributed by atoms with Gasteiger partial charge in [-0.15, -0.1) is 0 Å². The Bertz CT molecular complexity index is 1740. The molecule has 1 aliphatic heterocycles. The van der Waals surface area contributed by atoms with Crippen LogP contribution in [0.3, 0.4) is 0 Å². The van der Waals surface area contributed by atoms with Crippen molar-refractivity contribution in [2.75, 3.05) is 18.6 Å². The average molecular weight is 554 g/mol. The number of amides is 2. The Balaban J connectivity index is 1.22. The Morgan fingerprint density at radius 2 is 1.43 bits per heavy atom. The monoisotopic (exact) mass is 553 g/mol. The van der Waals surface area contributed by atoms with Crippen LogP contribution in [0, 0.1) is 0 Å². The van der Waals surface area contributed by atoms with Gasteiger partial charge in [-0.1, -0.05) is 66.7 Å². The number of fused-ring (bicyclic) bond motifs is 3. The summed E-state index contributed by atoms with van der Waals surface area (Å²) in [5.41, 5.74) is 6.47. The Hall–Kier alpha value is -5.10. The number of ether oxygens (including phenoxy) is 1. The summed E-state index contributed by atoms with van der Waals surface area (Å²) in [4.78, 5) is 31.9. The first kappa shape index (κ1) is 25.8. The normalized spacial score (nSPS) is 15.5. The number of benzene rings is 4. The lowest BCUT2D eigenvalue weighted by molar-refractivity contribution is -0.119. The lowest BCUT2D eigenvalue weighted by Gasteiger charge is -2.39. The number of carbonyl (C=O) groups is 2. The first-order chi connectivity index (χ1) is 20.6. The molecule has 0 saturated heterocycles. The van der Waals surface area contributed by atoms with E-state index < -0.39 is 0 Å². The van der Waals surface area contributed by atoms with Gasteiger partial charge in [-0.05, 0) is 78.1 Å². The molecule has 42 heavy (non-hydrogen) atoms. The lowest BCUT2D eigenvalue weighted by atomic mass is 9.97. The van der Waals surface area contributed by atoms with Crippen LogP contribution in [-0.2, 0) is 4.79 Å². The van der Waals surface area contributed by atoms with Crippen LogP contribution in [-0.4, -0.2) is 41.0 Å². The van der Waals surface area contributed by atoms with Gasteiger partial charge >= 0.3 is 0 Å². The van der Waals surface area contributed by atoms with Crippen LogP contribution in [0.4, 0.5) is 5.69 Å². The number of carbonyl (C=O) groups excluding carboxylic acids is 2. The van der Waals surface area contributed by atoms with E-state index in [1.165, 1.54) is 0 Å². The summed E-state index contributed by atoms with van der Waals surface area (Å²) in [6.07, 6.45) is 3.84. The van der Waals surface area contributed by atoms with Crippen molar-refractivity contribution in [2.45, 2.75) is 24.9 Å². The van der Waals surface area contributed by atoms with Crippen LogP contribution in [0.1, 0.15) is 40.5 Å². The number of anilines is 1. The second-order valence-electron chi connectivity index (χ2n) is 10.8. The fourth-order valence-corrected chi connectivity index (χ4v) is 5.94. The SMILES string of the molecule is COc1ccc(C2c3cccn3-c3ccccc3N2C(=O)CN(C(=O)c2ccc(-c3ccccc3)cc2)C2CC2)cc1. The molecule has 1 unspecified atom stereocenters. The van der Waals surface area contributed by atoms with Gasteiger partial charge in [0.1, 0.15) is 18.3 Å². The lowest BCUT2D eigenvalue weighted by Crippen LogP contribution is -2.47. The molecule has 1 fully saturated rings. The predicted molar refractivity (Wildman–Crippen MR) is 164 cm³/mol. The minimum Gasteiger partial charge on any atom is -0.497 e. The first-order valence-corrected chi connectivity index (χ1v) is 14.3. The summed E-state index contributed by atoms with van der Waals surface area (Å²) in [7, 11) is 1.64. The molecule has 6 nitrogen and oxygen atoms in total. The third kappa shape index (κ3) is 4.65. The van der Waals surface area contributed by atoms with E-state index in [-0.39, 0.29) is 30.4 Å². The van der Waals surface area contributed by atoms with E-state index in [1.807, 2.05) is 108 Å². The molecule has 208 valence electrons. The quantitative estimate of drug-likeness (QED) is 0.220. The van der Waals surface area contributed by atoms with Crippen LogP contribution in [0.2, 0.25) is 0 Å². The van der Waals surface area contributed by atoms with Crippen LogP contribution >= 0.6 is 0 Å². The summed E-state index contributed by atoms with van der Waals surface area (Å²) in [5.74, 6) is 0.531. The summed E-state index contributed by atoms with van der Waals surface area (Å²) in [6, 6.07) is 37.4. The molecule has 0 spiro atoms. The Morgan fingerprint density at radius 3 is 2.12 bits per heavy atom.